The highest BCUT2D eigenvalue weighted by Crippen LogP contribution is 2.47. The van der Waals surface area contributed by atoms with E-state index in [0.29, 0.717) is 12.2 Å². The summed E-state index contributed by atoms with van der Waals surface area (Å²) in [4.78, 5) is 12.2. The highest BCUT2D eigenvalue weighted by atomic mass is 16.7. The highest BCUT2D eigenvalue weighted by Gasteiger charge is 2.37. The van der Waals surface area contributed by atoms with Gasteiger partial charge in [0, 0.05) is 7.11 Å². The van der Waals surface area contributed by atoms with Crippen LogP contribution in [0.15, 0.2) is 84.9 Å². The van der Waals surface area contributed by atoms with Gasteiger partial charge in [-0.2, -0.15) is 0 Å². The number of hydrogen-bond acceptors (Lipinski definition) is 4. The van der Waals surface area contributed by atoms with Crippen LogP contribution in [-0.4, -0.2) is 26.5 Å². The highest BCUT2D eigenvalue weighted by molar-refractivity contribution is 5.91. The first-order chi connectivity index (χ1) is 19.6. The molecule has 0 aliphatic heterocycles. The van der Waals surface area contributed by atoms with Crippen molar-refractivity contribution in [3.63, 3.8) is 0 Å². The van der Waals surface area contributed by atoms with E-state index < -0.39 is 0 Å². The molecular weight excluding hydrogens is 508 g/mol. The van der Waals surface area contributed by atoms with E-state index in [4.69, 9.17) is 14.2 Å². The number of carbonyl (C=O) groups is 1. The predicted molar refractivity (Wildman–Crippen MR) is 166 cm³/mol. The van der Waals surface area contributed by atoms with Crippen molar-refractivity contribution >= 4 is 5.97 Å². The summed E-state index contributed by atoms with van der Waals surface area (Å²) in [7, 11) is 1.62. The van der Waals surface area contributed by atoms with E-state index in [1.807, 2.05) is 43.3 Å². The Morgan fingerprint density at radius 2 is 1.37 bits per heavy atom. The second-order valence-corrected chi connectivity index (χ2v) is 12.2. The van der Waals surface area contributed by atoms with Crippen molar-refractivity contribution in [1.82, 2.24) is 0 Å². The molecule has 0 radical (unpaired) electrons. The molecule has 41 heavy (non-hydrogen) atoms. The number of rotatable bonds is 8. The third kappa shape index (κ3) is 5.94. The van der Waals surface area contributed by atoms with Gasteiger partial charge in [-0.05, 0) is 105 Å². The molecule has 0 bridgehead atoms. The lowest BCUT2D eigenvalue weighted by Gasteiger charge is -2.42. The van der Waals surface area contributed by atoms with Crippen LogP contribution in [-0.2, 0) is 20.3 Å². The molecule has 0 spiro atoms. The Balaban J connectivity index is 1.65. The fourth-order valence-electron chi connectivity index (χ4n) is 5.86. The number of ether oxygens (including phenoxy) is 3. The van der Waals surface area contributed by atoms with E-state index in [1.165, 1.54) is 23.1 Å². The average Bonchev–Trinajstić information content (AvgIpc) is 2.98. The summed E-state index contributed by atoms with van der Waals surface area (Å²) in [6.45, 7) is 11.8. The molecular formula is C37H40O4. The minimum absolute atomic E-state index is 0.107. The van der Waals surface area contributed by atoms with Gasteiger partial charge < -0.3 is 14.2 Å². The molecule has 0 unspecified atom stereocenters. The van der Waals surface area contributed by atoms with Crippen LogP contribution in [0.4, 0.5) is 0 Å². The fraction of sp³-hybridized carbons (Fsp3) is 0.324. The van der Waals surface area contributed by atoms with Gasteiger partial charge in [0.2, 0.25) is 0 Å². The Hall–Kier alpha value is -3.89. The van der Waals surface area contributed by atoms with Gasteiger partial charge in [0.05, 0.1) is 12.2 Å². The molecule has 0 N–H and O–H groups in total. The van der Waals surface area contributed by atoms with E-state index in [0.717, 1.165) is 40.0 Å². The lowest BCUT2D eigenvalue weighted by atomic mass is 9.63. The van der Waals surface area contributed by atoms with Crippen molar-refractivity contribution in [2.24, 2.45) is 0 Å². The van der Waals surface area contributed by atoms with E-state index >= 15 is 0 Å². The number of fused-ring (bicyclic) bond motifs is 1. The zero-order valence-corrected chi connectivity index (χ0v) is 25.0. The van der Waals surface area contributed by atoms with Crippen LogP contribution in [0.1, 0.15) is 68.9 Å². The topological polar surface area (TPSA) is 44.8 Å². The van der Waals surface area contributed by atoms with Crippen molar-refractivity contribution in [3.8, 4) is 39.1 Å². The fourth-order valence-corrected chi connectivity index (χ4v) is 5.86. The van der Waals surface area contributed by atoms with Crippen LogP contribution in [0.5, 0.6) is 5.75 Å². The maximum absolute atomic E-state index is 12.2. The van der Waals surface area contributed by atoms with Gasteiger partial charge in [0.25, 0.3) is 0 Å². The van der Waals surface area contributed by atoms with Crippen molar-refractivity contribution in [2.45, 2.75) is 58.3 Å². The van der Waals surface area contributed by atoms with Gasteiger partial charge in [-0.3, -0.25) is 0 Å². The minimum atomic E-state index is -0.301. The average molecular weight is 549 g/mol. The lowest BCUT2D eigenvalue weighted by Crippen LogP contribution is -2.33. The van der Waals surface area contributed by atoms with Crippen molar-refractivity contribution < 1.29 is 19.0 Å². The van der Waals surface area contributed by atoms with E-state index in [2.05, 4.69) is 76.2 Å². The first-order valence-corrected chi connectivity index (χ1v) is 14.4. The lowest BCUT2D eigenvalue weighted by molar-refractivity contribution is 0.0510. The molecule has 0 aromatic heterocycles. The molecule has 4 aromatic carbocycles. The third-order valence-corrected chi connectivity index (χ3v) is 8.40. The van der Waals surface area contributed by atoms with Crippen molar-refractivity contribution in [1.29, 1.82) is 0 Å². The van der Waals surface area contributed by atoms with E-state index in [1.54, 1.807) is 7.11 Å². The minimum Gasteiger partial charge on any atom is -0.468 e. The number of carbonyl (C=O) groups excluding carboxylic acids is 1. The summed E-state index contributed by atoms with van der Waals surface area (Å²) in [6, 6.07) is 29.4. The third-order valence-electron chi connectivity index (χ3n) is 8.40. The molecule has 1 aliphatic rings. The van der Waals surface area contributed by atoms with Gasteiger partial charge in [0.15, 0.2) is 6.79 Å². The number of hydrogen-bond donors (Lipinski definition) is 0. The monoisotopic (exact) mass is 548 g/mol. The molecule has 0 saturated carbocycles. The Morgan fingerprint density at radius 3 is 2.07 bits per heavy atom. The van der Waals surface area contributed by atoms with Crippen LogP contribution in [0.2, 0.25) is 0 Å². The molecule has 0 fully saturated rings. The molecule has 5 rings (SSSR count). The number of benzene rings is 4. The molecule has 212 valence electrons. The summed E-state index contributed by atoms with van der Waals surface area (Å²) < 4.78 is 16.1. The van der Waals surface area contributed by atoms with Crippen LogP contribution in [0.25, 0.3) is 33.4 Å². The van der Waals surface area contributed by atoms with E-state index in [-0.39, 0.29) is 23.6 Å². The Kier molecular flexibility index (Phi) is 8.06. The molecule has 4 nitrogen and oxygen atoms in total. The van der Waals surface area contributed by atoms with Crippen LogP contribution in [0, 0.1) is 0 Å². The van der Waals surface area contributed by atoms with Crippen LogP contribution < -0.4 is 4.74 Å². The second-order valence-electron chi connectivity index (χ2n) is 12.2. The zero-order valence-electron chi connectivity index (χ0n) is 25.0. The molecule has 0 atom stereocenters. The Labute approximate surface area is 244 Å². The van der Waals surface area contributed by atoms with Crippen molar-refractivity contribution in [2.75, 3.05) is 20.5 Å². The summed E-state index contributed by atoms with van der Waals surface area (Å²) in [5, 5.41) is 0. The number of esters is 1. The van der Waals surface area contributed by atoms with Gasteiger partial charge in [-0.25, -0.2) is 4.79 Å². The summed E-state index contributed by atoms with van der Waals surface area (Å²) in [6.07, 6.45) is 2.35. The van der Waals surface area contributed by atoms with Gasteiger partial charge in [-0.1, -0.05) is 82.3 Å². The SMILES string of the molecule is CCOC(=O)c1ccc(-c2ccc(-c3cccc(OCOC)c3)c(-c3ccc4c(c3)C(C)(C)CCC4(C)C)c2)cc1. The molecule has 1 aliphatic carbocycles. The second kappa shape index (κ2) is 11.5. The normalized spacial score (nSPS) is 15.2. The Bertz CT molecular complexity index is 1550. The summed E-state index contributed by atoms with van der Waals surface area (Å²) in [5.41, 5.74) is 10.4. The van der Waals surface area contributed by atoms with Gasteiger partial charge in [-0.15, -0.1) is 0 Å². The summed E-state index contributed by atoms with van der Waals surface area (Å²) >= 11 is 0. The van der Waals surface area contributed by atoms with E-state index in [9.17, 15) is 4.79 Å². The smallest absolute Gasteiger partial charge is 0.338 e. The molecule has 0 amide bonds. The van der Waals surface area contributed by atoms with Gasteiger partial charge >= 0.3 is 5.97 Å². The molecule has 0 saturated heterocycles. The standard InChI is InChI=1S/C37H40O4/c1-7-40-35(38)26-13-11-25(12-14-26)27-15-17-31(28-9-8-10-30(21-28)41-24-39-6)32(22-27)29-16-18-33-34(23-29)37(4,5)20-19-36(33,2)3/h8-18,21-23H,7,19-20,24H2,1-6H3. The maximum Gasteiger partial charge on any atom is 0.338 e. The summed E-state index contributed by atoms with van der Waals surface area (Å²) in [5.74, 6) is 0.465. The largest absolute Gasteiger partial charge is 0.468 e. The number of methoxy groups -OCH3 is 1. The van der Waals surface area contributed by atoms with Crippen LogP contribution >= 0.6 is 0 Å². The Morgan fingerprint density at radius 1 is 0.707 bits per heavy atom. The zero-order chi connectivity index (χ0) is 29.2. The van der Waals surface area contributed by atoms with Gasteiger partial charge in [0.1, 0.15) is 5.75 Å². The first kappa shape index (κ1) is 28.6. The first-order valence-electron chi connectivity index (χ1n) is 14.4. The quantitative estimate of drug-likeness (QED) is 0.163. The molecule has 4 aromatic rings. The maximum atomic E-state index is 12.2. The predicted octanol–water partition coefficient (Wildman–Crippen LogP) is 9.20. The molecule has 0 heterocycles. The molecule has 4 heteroatoms. The van der Waals surface area contributed by atoms with Crippen molar-refractivity contribution in [3.05, 3.63) is 102 Å². The van der Waals surface area contributed by atoms with Crippen LogP contribution in [0.3, 0.4) is 0 Å².